The van der Waals surface area contributed by atoms with E-state index in [1.807, 2.05) is 66.7 Å². The highest BCUT2D eigenvalue weighted by atomic mass is 32.2. The van der Waals surface area contributed by atoms with E-state index < -0.39 is 0 Å². The van der Waals surface area contributed by atoms with Gasteiger partial charge in [-0.2, -0.15) is 0 Å². The summed E-state index contributed by atoms with van der Waals surface area (Å²) < 4.78 is 5.57. The lowest BCUT2D eigenvalue weighted by Gasteiger charge is -2.15. The Labute approximate surface area is 166 Å². The number of hydrogen-bond donors (Lipinski definition) is 0. The van der Waals surface area contributed by atoms with Gasteiger partial charge in [-0.1, -0.05) is 60.7 Å². The molecule has 0 fully saturated rings. The maximum atomic E-state index is 12.7. The lowest BCUT2D eigenvalue weighted by Crippen LogP contribution is -2.16. The normalized spacial score (nSPS) is 16.3. The first-order valence-electron chi connectivity index (χ1n) is 9.19. The number of rotatable bonds is 2. The molecule has 0 N–H and O–H groups in total. The summed E-state index contributed by atoms with van der Waals surface area (Å²) in [5.41, 5.74) is 3.69. The van der Waals surface area contributed by atoms with Crippen molar-refractivity contribution in [2.45, 2.75) is 16.6 Å². The first-order chi connectivity index (χ1) is 13.8. The van der Waals surface area contributed by atoms with Crippen LogP contribution in [-0.4, -0.2) is 5.71 Å². The molecule has 1 aliphatic heterocycles. The molecule has 0 bridgehead atoms. The van der Waals surface area contributed by atoms with Gasteiger partial charge in [-0.15, -0.1) is 11.8 Å². The second-order valence-electron chi connectivity index (χ2n) is 6.73. The van der Waals surface area contributed by atoms with Crippen LogP contribution in [0.3, 0.4) is 0 Å². The molecule has 3 aromatic carbocycles. The van der Waals surface area contributed by atoms with Crippen LogP contribution in [-0.2, 0) is 0 Å². The summed E-state index contributed by atoms with van der Waals surface area (Å²) in [6, 6.07) is 28.0. The van der Waals surface area contributed by atoms with Crippen LogP contribution in [0.5, 0.6) is 0 Å². The maximum absolute atomic E-state index is 12.7. The van der Waals surface area contributed by atoms with Crippen molar-refractivity contribution >= 4 is 34.1 Å². The van der Waals surface area contributed by atoms with Gasteiger partial charge in [-0.25, -0.2) is 4.79 Å². The van der Waals surface area contributed by atoms with Crippen molar-refractivity contribution in [3.63, 3.8) is 0 Å². The lowest BCUT2D eigenvalue weighted by molar-refractivity contribution is 0.559. The van der Waals surface area contributed by atoms with Gasteiger partial charge in [0, 0.05) is 22.0 Å². The van der Waals surface area contributed by atoms with Crippen molar-refractivity contribution in [2.75, 3.05) is 0 Å². The Morgan fingerprint density at radius 1 is 0.893 bits per heavy atom. The van der Waals surface area contributed by atoms with Crippen LogP contribution in [0.2, 0.25) is 0 Å². The molecule has 1 aromatic heterocycles. The topological polar surface area (TPSA) is 42.6 Å². The van der Waals surface area contributed by atoms with E-state index in [1.165, 1.54) is 5.56 Å². The quantitative estimate of drug-likeness (QED) is 0.390. The smallest absolute Gasteiger partial charge is 0.345 e. The van der Waals surface area contributed by atoms with Gasteiger partial charge in [0.15, 0.2) is 0 Å². The van der Waals surface area contributed by atoms with Crippen molar-refractivity contribution in [3.8, 4) is 0 Å². The fourth-order valence-corrected chi connectivity index (χ4v) is 4.73. The van der Waals surface area contributed by atoms with Crippen molar-refractivity contribution in [1.82, 2.24) is 0 Å². The number of aliphatic imine (C=N–C) groups is 1. The molecule has 0 saturated carbocycles. The van der Waals surface area contributed by atoms with Crippen LogP contribution < -0.4 is 5.63 Å². The zero-order valence-electron chi connectivity index (χ0n) is 15.0. The number of fused-ring (bicyclic) bond motifs is 2. The monoisotopic (exact) mass is 383 g/mol. The molecule has 3 nitrogen and oxygen atoms in total. The van der Waals surface area contributed by atoms with E-state index in [1.54, 1.807) is 11.8 Å². The predicted molar refractivity (Wildman–Crippen MR) is 115 cm³/mol. The van der Waals surface area contributed by atoms with Gasteiger partial charge < -0.3 is 4.42 Å². The number of hydrogen-bond acceptors (Lipinski definition) is 4. The maximum Gasteiger partial charge on any atom is 0.345 e. The molecule has 0 saturated heterocycles. The molecule has 0 radical (unpaired) electrons. The third-order valence-corrected chi connectivity index (χ3v) is 6.21. The number of para-hydroxylation sites is 2. The van der Waals surface area contributed by atoms with Gasteiger partial charge in [0.05, 0.1) is 17.0 Å². The van der Waals surface area contributed by atoms with Gasteiger partial charge in [0.1, 0.15) is 5.58 Å². The minimum absolute atomic E-state index is 0.175. The molecule has 136 valence electrons. The Bertz CT molecular complexity index is 1240. The summed E-state index contributed by atoms with van der Waals surface area (Å²) in [5.74, 6) is 0. The average molecular weight is 383 g/mol. The fourth-order valence-electron chi connectivity index (χ4n) is 3.50. The highest BCUT2D eigenvalue weighted by Gasteiger charge is 2.24. The molecule has 4 heteroatoms. The van der Waals surface area contributed by atoms with Crippen LogP contribution in [0, 0.1) is 0 Å². The van der Waals surface area contributed by atoms with Crippen LogP contribution in [0.1, 0.15) is 22.8 Å². The minimum Gasteiger partial charge on any atom is -0.422 e. The molecule has 0 spiro atoms. The summed E-state index contributed by atoms with van der Waals surface area (Å²) >= 11 is 1.79. The molecule has 5 rings (SSSR count). The van der Waals surface area contributed by atoms with Gasteiger partial charge in [-0.05, 0) is 29.8 Å². The van der Waals surface area contributed by atoms with Gasteiger partial charge >= 0.3 is 5.63 Å². The van der Waals surface area contributed by atoms with E-state index in [0.29, 0.717) is 17.6 Å². The van der Waals surface area contributed by atoms with E-state index in [9.17, 15) is 4.79 Å². The summed E-state index contributed by atoms with van der Waals surface area (Å²) in [5, 5.41) is 1.08. The van der Waals surface area contributed by atoms with Crippen molar-refractivity contribution in [3.05, 3.63) is 106 Å². The Morgan fingerprint density at radius 2 is 1.64 bits per heavy atom. The first kappa shape index (κ1) is 17.0. The second kappa shape index (κ2) is 7.13. The molecule has 28 heavy (non-hydrogen) atoms. The second-order valence-corrected chi connectivity index (χ2v) is 7.98. The average Bonchev–Trinajstić information content (AvgIpc) is 2.93. The largest absolute Gasteiger partial charge is 0.422 e. The molecule has 1 aliphatic rings. The standard InChI is InChI=1S/C24H17NO2S/c26-24-18(14-17-10-4-6-12-21(17)27-24)20-15-23(16-8-2-1-3-9-16)28-22-13-7-5-11-19(22)25-20/h1-14,23H,15H2. The Kier molecular flexibility index (Phi) is 4.34. The summed E-state index contributed by atoms with van der Waals surface area (Å²) in [7, 11) is 0. The predicted octanol–water partition coefficient (Wildman–Crippen LogP) is 6.15. The van der Waals surface area contributed by atoms with Crippen LogP contribution >= 0.6 is 11.8 Å². The Balaban J connectivity index is 1.68. The van der Waals surface area contributed by atoms with Crippen molar-refractivity contribution in [1.29, 1.82) is 0 Å². The summed E-state index contributed by atoms with van der Waals surface area (Å²) in [6.07, 6.45) is 0.659. The Morgan fingerprint density at radius 3 is 2.54 bits per heavy atom. The van der Waals surface area contributed by atoms with Gasteiger partial charge in [0.2, 0.25) is 0 Å². The zero-order valence-corrected chi connectivity index (χ0v) is 15.9. The van der Waals surface area contributed by atoms with Crippen molar-refractivity contribution in [2.24, 2.45) is 4.99 Å². The SMILES string of the molecule is O=c1oc2ccccc2cc1C1=Nc2ccccc2SC(c2ccccc2)C1. The molecule has 1 unspecified atom stereocenters. The zero-order chi connectivity index (χ0) is 18.9. The molecule has 4 aromatic rings. The molecule has 1 atom stereocenters. The van der Waals surface area contributed by atoms with E-state index >= 15 is 0 Å². The van der Waals surface area contributed by atoms with Crippen LogP contribution in [0.15, 0.2) is 104 Å². The van der Waals surface area contributed by atoms with Gasteiger partial charge in [0.25, 0.3) is 0 Å². The van der Waals surface area contributed by atoms with Crippen molar-refractivity contribution < 1.29 is 4.42 Å². The highest BCUT2D eigenvalue weighted by Crippen LogP contribution is 2.45. The third-order valence-electron chi connectivity index (χ3n) is 4.89. The summed E-state index contributed by atoms with van der Waals surface area (Å²) in [6.45, 7) is 0. The summed E-state index contributed by atoms with van der Waals surface area (Å²) in [4.78, 5) is 18.8. The third kappa shape index (κ3) is 3.16. The first-order valence-corrected chi connectivity index (χ1v) is 10.1. The van der Waals surface area contributed by atoms with E-state index in [2.05, 4.69) is 18.2 Å². The fraction of sp³-hybridized carbons (Fsp3) is 0.0833. The van der Waals surface area contributed by atoms with E-state index in [-0.39, 0.29) is 10.9 Å². The molecule has 0 amide bonds. The molecule has 0 aliphatic carbocycles. The molecular weight excluding hydrogens is 366 g/mol. The number of nitrogens with zero attached hydrogens (tertiary/aromatic N) is 1. The number of thioether (sulfide) groups is 1. The molecular formula is C24H17NO2S. The minimum atomic E-state index is -0.339. The van der Waals surface area contributed by atoms with Crippen LogP contribution in [0.25, 0.3) is 11.0 Å². The van der Waals surface area contributed by atoms with Gasteiger partial charge in [-0.3, -0.25) is 4.99 Å². The lowest BCUT2D eigenvalue weighted by atomic mass is 10.0. The van der Waals surface area contributed by atoms with Crippen LogP contribution in [0.4, 0.5) is 5.69 Å². The molecule has 2 heterocycles. The highest BCUT2D eigenvalue weighted by molar-refractivity contribution is 7.99. The number of benzene rings is 3. The van der Waals surface area contributed by atoms with E-state index in [0.717, 1.165) is 21.7 Å². The Hall–Kier alpha value is -3.11. The van der Waals surface area contributed by atoms with E-state index in [4.69, 9.17) is 9.41 Å².